The lowest BCUT2D eigenvalue weighted by atomic mass is 9.92. The fourth-order valence-electron chi connectivity index (χ4n) is 3.69. The summed E-state index contributed by atoms with van der Waals surface area (Å²) in [5, 5.41) is 9.55. The lowest BCUT2D eigenvalue weighted by Crippen LogP contribution is -2.39. The summed E-state index contributed by atoms with van der Waals surface area (Å²) in [4.78, 5) is 7.15. The smallest absolute Gasteiger partial charge is 0.137 e. The van der Waals surface area contributed by atoms with Gasteiger partial charge in [-0.3, -0.25) is 0 Å². The maximum atomic E-state index is 9.55. The zero-order valence-corrected chi connectivity index (χ0v) is 17.3. The van der Waals surface area contributed by atoms with Crippen LogP contribution >= 0.6 is 15.9 Å². The number of hydrogen-bond acceptors (Lipinski definition) is 4. The molecule has 0 amide bonds. The first-order valence-corrected chi connectivity index (χ1v) is 10.2. The van der Waals surface area contributed by atoms with Gasteiger partial charge >= 0.3 is 0 Å². The molecular formula is C24H23BrN2O2. The van der Waals surface area contributed by atoms with E-state index in [4.69, 9.17) is 13.8 Å². The van der Waals surface area contributed by atoms with Gasteiger partial charge in [0.25, 0.3) is 0 Å². The Labute approximate surface area is 183 Å². The second-order valence-electron chi connectivity index (χ2n) is 6.85. The maximum Gasteiger partial charge on any atom is 0.137 e. The van der Waals surface area contributed by atoms with Crippen LogP contribution in [0.1, 0.15) is 33.3 Å². The molecule has 0 fully saturated rings. The summed E-state index contributed by atoms with van der Waals surface area (Å²) in [6.07, 6.45) is 0.589. The van der Waals surface area contributed by atoms with Crippen molar-refractivity contribution in [1.29, 1.82) is 0 Å². The average molecular weight is 454 g/mol. The molecule has 4 nitrogen and oxygen atoms in total. The van der Waals surface area contributed by atoms with Gasteiger partial charge in [0, 0.05) is 28.8 Å². The van der Waals surface area contributed by atoms with Crippen LogP contribution in [0.15, 0.2) is 82.3 Å². The summed E-state index contributed by atoms with van der Waals surface area (Å²) < 4.78 is 27.9. The number of nitrogens with zero attached hydrogens (tertiary/aromatic N) is 2. The van der Waals surface area contributed by atoms with Crippen molar-refractivity contribution in [2.24, 2.45) is 4.99 Å². The third-order valence-corrected chi connectivity index (χ3v) is 5.49. The zero-order valence-electron chi connectivity index (χ0n) is 18.8. The van der Waals surface area contributed by atoms with E-state index in [0.29, 0.717) is 13.0 Å². The molecule has 1 N–H and O–H groups in total. The number of amidine groups is 1. The first-order chi connectivity index (χ1) is 15.4. The number of benzene rings is 3. The van der Waals surface area contributed by atoms with Crippen molar-refractivity contribution in [2.75, 3.05) is 20.2 Å². The standard InChI is InChI=1S/C24H23BrN2O2/c1-29-20-11-8-18(9-12-20)24-26-22-13-10-19(25)16-21(22)23(27(24)14-5-15-28)17-6-3-2-4-7-17/h2-4,6-13,16,23,28H,5,14-15H2,1H3/i1D3. The molecule has 0 bridgehead atoms. The second-order valence-corrected chi connectivity index (χ2v) is 7.76. The van der Waals surface area contributed by atoms with E-state index in [-0.39, 0.29) is 18.4 Å². The van der Waals surface area contributed by atoms with Gasteiger partial charge in [0.2, 0.25) is 0 Å². The zero-order chi connectivity index (χ0) is 22.7. The highest BCUT2D eigenvalue weighted by molar-refractivity contribution is 9.10. The van der Waals surface area contributed by atoms with Gasteiger partial charge in [0.15, 0.2) is 0 Å². The molecule has 29 heavy (non-hydrogen) atoms. The van der Waals surface area contributed by atoms with E-state index in [9.17, 15) is 5.11 Å². The van der Waals surface area contributed by atoms with Crippen LogP contribution in [-0.2, 0) is 0 Å². The lowest BCUT2D eigenvalue weighted by molar-refractivity contribution is 0.254. The minimum Gasteiger partial charge on any atom is -0.497 e. The van der Waals surface area contributed by atoms with Gasteiger partial charge in [-0.2, -0.15) is 0 Å². The largest absolute Gasteiger partial charge is 0.497 e. The molecular weight excluding hydrogens is 428 g/mol. The monoisotopic (exact) mass is 453 g/mol. The number of methoxy groups -OCH3 is 1. The molecule has 1 aliphatic heterocycles. The molecule has 5 heteroatoms. The number of aliphatic hydroxyl groups excluding tert-OH is 1. The van der Waals surface area contributed by atoms with Crippen LogP contribution < -0.4 is 4.74 Å². The van der Waals surface area contributed by atoms with Crippen molar-refractivity contribution in [1.82, 2.24) is 4.90 Å². The predicted molar refractivity (Wildman–Crippen MR) is 120 cm³/mol. The Morgan fingerprint density at radius 1 is 1.10 bits per heavy atom. The quantitative estimate of drug-likeness (QED) is 0.548. The molecule has 0 saturated heterocycles. The van der Waals surface area contributed by atoms with Crippen molar-refractivity contribution < 1.29 is 14.0 Å². The third-order valence-electron chi connectivity index (χ3n) is 5.00. The molecule has 3 aromatic rings. The summed E-state index contributed by atoms with van der Waals surface area (Å²) in [6.45, 7) is 0.677. The molecule has 3 aromatic carbocycles. The van der Waals surface area contributed by atoms with E-state index in [1.165, 1.54) is 0 Å². The minimum absolute atomic E-state index is 0.0714. The van der Waals surface area contributed by atoms with Gasteiger partial charge in [0.05, 0.1) is 22.9 Å². The average Bonchev–Trinajstić information content (AvgIpc) is 2.77. The summed E-state index contributed by atoms with van der Waals surface area (Å²) >= 11 is 3.59. The van der Waals surface area contributed by atoms with Crippen LogP contribution in [0.2, 0.25) is 0 Å². The van der Waals surface area contributed by atoms with Crippen LogP contribution in [-0.4, -0.2) is 36.0 Å². The number of rotatable bonds is 6. The fourth-order valence-corrected chi connectivity index (χ4v) is 4.07. The number of fused-ring (bicyclic) bond motifs is 1. The Morgan fingerprint density at radius 2 is 1.90 bits per heavy atom. The number of halogens is 1. The van der Waals surface area contributed by atoms with Crippen molar-refractivity contribution >= 4 is 27.5 Å². The number of aliphatic imine (C=N–C) groups is 1. The van der Waals surface area contributed by atoms with E-state index in [1.54, 1.807) is 12.1 Å². The number of hydrogen-bond donors (Lipinski definition) is 1. The summed E-state index contributed by atoms with van der Waals surface area (Å²) in [5.41, 5.74) is 3.92. The highest BCUT2D eigenvalue weighted by atomic mass is 79.9. The van der Waals surface area contributed by atoms with Gasteiger partial charge < -0.3 is 14.7 Å². The topological polar surface area (TPSA) is 45.1 Å². The van der Waals surface area contributed by atoms with Gasteiger partial charge in [-0.05, 0) is 54.4 Å². The Bertz CT molecular complexity index is 1100. The van der Waals surface area contributed by atoms with Gasteiger partial charge in [0.1, 0.15) is 11.6 Å². The molecule has 148 valence electrons. The van der Waals surface area contributed by atoms with E-state index >= 15 is 0 Å². The Hall–Kier alpha value is -2.63. The predicted octanol–water partition coefficient (Wildman–Crippen LogP) is 5.32. The highest BCUT2D eigenvalue weighted by Gasteiger charge is 2.31. The van der Waals surface area contributed by atoms with Crippen molar-refractivity contribution in [3.8, 4) is 5.75 Å². The molecule has 0 radical (unpaired) electrons. The summed E-state index contributed by atoms with van der Waals surface area (Å²) in [5.74, 6) is 1.04. The first-order valence-electron chi connectivity index (χ1n) is 11.0. The molecule has 1 atom stereocenters. The van der Waals surface area contributed by atoms with E-state index < -0.39 is 7.04 Å². The normalized spacial score (nSPS) is 17.6. The third kappa shape index (κ3) is 4.07. The molecule has 1 unspecified atom stereocenters. The van der Waals surface area contributed by atoms with Crippen LogP contribution in [0.4, 0.5) is 5.69 Å². The molecule has 0 aliphatic carbocycles. The molecule has 1 heterocycles. The second kappa shape index (κ2) is 8.80. The number of ether oxygens (including phenoxy) is 1. The summed E-state index contributed by atoms with van der Waals surface area (Å²) in [6, 6.07) is 23.1. The Morgan fingerprint density at radius 3 is 2.62 bits per heavy atom. The van der Waals surface area contributed by atoms with Crippen LogP contribution in [0.5, 0.6) is 5.75 Å². The minimum atomic E-state index is -2.50. The molecule has 0 aromatic heterocycles. The highest BCUT2D eigenvalue weighted by Crippen LogP contribution is 2.41. The van der Waals surface area contributed by atoms with Crippen molar-refractivity contribution in [3.63, 3.8) is 0 Å². The van der Waals surface area contributed by atoms with Gasteiger partial charge in [-0.1, -0.05) is 46.3 Å². The molecule has 0 saturated carbocycles. The van der Waals surface area contributed by atoms with E-state index in [1.807, 2.05) is 42.5 Å². The fraction of sp³-hybridized carbons (Fsp3) is 0.208. The molecule has 1 aliphatic rings. The SMILES string of the molecule is [2H]C([2H])([2H])Oc1ccc(C2=Nc3ccc(Br)cc3C(c3ccccc3)N2CCCO)cc1. The van der Waals surface area contributed by atoms with Crippen molar-refractivity contribution in [3.05, 3.63) is 94.0 Å². The first kappa shape index (κ1) is 16.2. The van der Waals surface area contributed by atoms with Gasteiger partial charge in [-0.15, -0.1) is 0 Å². The Balaban J connectivity index is 1.82. The Kier molecular flexibility index (Phi) is 4.92. The van der Waals surface area contributed by atoms with E-state index in [0.717, 1.165) is 32.7 Å². The summed E-state index contributed by atoms with van der Waals surface area (Å²) in [7, 11) is -2.50. The van der Waals surface area contributed by atoms with Crippen LogP contribution in [0.3, 0.4) is 0 Å². The molecule has 0 spiro atoms. The van der Waals surface area contributed by atoms with E-state index in [2.05, 4.69) is 39.0 Å². The maximum absolute atomic E-state index is 9.55. The van der Waals surface area contributed by atoms with Crippen LogP contribution in [0, 0.1) is 0 Å². The lowest BCUT2D eigenvalue weighted by Gasteiger charge is -2.39. The van der Waals surface area contributed by atoms with Crippen molar-refractivity contribution in [2.45, 2.75) is 12.5 Å². The number of aliphatic hydroxyl groups is 1. The van der Waals surface area contributed by atoms with Crippen LogP contribution in [0.25, 0.3) is 0 Å². The van der Waals surface area contributed by atoms with Gasteiger partial charge in [-0.25, -0.2) is 4.99 Å². The molecule has 4 rings (SSSR count).